The van der Waals surface area contributed by atoms with Gasteiger partial charge in [-0.25, -0.2) is 0 Å². The Labute approximate surface area is 125 Å². The lowest BCUT2D eigenvalue weighted by Gasteiger charge is -2.18. The molecule has 0 aliphatic carbocycles. The van der Waals surface area contributed by atoms with Crippen molar-refractivity contribution >= 4 is 23.1 Å². The van der Waals surface area contributed by atoms with Crippen LogP contribution in [0.4, 0.5) is 5.69 Å². The first-order valence-electron chi connectivity index (χ1n) is 6.69. The van der Waals surface area contributed by atoms with Crippen molar-refractivity contribution in [3.8, 4) is 0 Å². The van der Waals surface area contributed by atoms with Gasteiger partial charge < -0.3 is 4.90 Å². The highest BCUT2D eigenvalue weighted by Gasteiger charge is 2.10. The van der Waals surface area contributed by atoms with E-state index in [0.29, 0.717) is 17.1 Å². The minimum atomic E-state index is 0.0644. The van der Waals surface area contributed by atoms with E-state index in [4.69, 9.17) is 11.6 Å². The van der Waals surface area contributed by atoms with E-state index >= 15 is 0 Å². The maximum atomic E-state index is 12.2. The lowest BCUT2D eigenvalue weighted by atomic mass is 10.1. The molecule has 0 radical (unpaired) electrons. The number of aryl methyl sites for hydroxylation is 1. The third-order valence-electron chi connectivity index (χ3n) is 3.31. The SMILES string of the molecule is CCc1ccc(N(C)CC(=O)c2cccc(Cl)c2)cc1. The summed E-state index contributed by atoms with van der Waals surface area (Å²) in [6.45, 7) is 2.47. The number of benzene rings is 2. The minimum absolute atomic E-state index is 0.0644. The number of rotatable bonds is 5. The zero-order chi connectivity index (χ0) is 14.5. The summed E-state index contributed by atoms with van der Waals surface area (Å²) in [7, 11) is 1.92. The molecule has 2 aromatic rings. The third-order valence-corrected chi connectivity index (χ3v) is 3.55. The molecule has 0 saturated carbocycles. The molecule has 2 nitrogen and oxygen atoms in total. The summed E-state index contributed by atoms with van der Waals surface area (Å²) in [5.74, 6) is 0.0644. The molecule has 0 aliphatic rings. The molecule has 0 amide bonds. The average molecular weight is 288 g/mol. The minimum Gasteiger partial charge on any atom is -0.367 e. The topological polar surface area (TPSA) is 20.3 Å². The normalized spacial score (nSPS) is 10.3. The van der Waals surface area contributed by atoms with E-state index in [2.05, 4.69) is 19.1 Å². The van der Waals surface area contributed by atoms with Crippen molar-refractivity contribution in [1.29, 1.82) is 0 Å². The van der Waals surface area contributed by atoms with E-state index in [1.54, 1.807) is 24.3 Å². The van der Waals surface area contributed by atoms with E-state index in [1.165, 1.54) is 5.56 Å². The Kier molecular flexibility index (Phi) is 4.80. The Bertz CT molecular complexity index is 592. The first kappa shape index (κ1) is 14.6. The Morgan fingerprint density at radius 3 is 2.45 bits per heavy atom. The van der Waals surface area contributed by atoms with Crippen molar-refractivity contribution in [1.82, 2.24) is 0 Å². The first-order valence-corrected chi connectivity index (χ1v) is 7.07. The zero-order valence-corrected chi connectivity index (χ0v) is 12.5. The van der Waals surface area contributed by atoms with Gasteiger partial charge in [0.25, 0.3) is 0 Å². The summed E-state index contributed by atoms with van der Waals surface area (Å²) in [6, 6.07) is 15.3. The molecule has 0 aliphatic heterocycles. The second-order valence-corrected chi connectivity index (χ2v) is 5.25. The smallest absolute Gasteiger partial charge is 0.182 e. The summed E-state index contributed by atoms with van der Waals surface area (Å²) in [5.41, 5.74) is 2.98. The number of anilines is 1. The summed E-state index contributed by atoms with van der Waals surface area (Å²) < 4.78 is 0. The zero-order valence-electron chi connectivity index (χ0n) is 11.8. The molecule has 104 valence electrons. The Morgan fingerprint density at radius 2 is 1.85 bits per heavy atom. The average Bonchev–Trinajstić information content (AvgIpc) is 2.47. The highest BCUT2D eigenvalue weighted by atomic mass is 35.5. The fraction of sp³-hybridized carbons (Fsp3) is 0.235. The van der Waals surface area contributed by atoms with Crippen LogP contribution in [0.15, 0.2) is 48.5 Å². The second-order valence-electron chi connectivity index (χ2n) is 4.81. The van der Waals surface area contributed by atoms with E-state index in [9.17, 15) is 4.79 Å². The van der Waals surface area contributed by atoms with Crippen LogP contribution in [-0.2, 0) is 6.42 Å². The van der Waals surface area contributed by atoms with Crippen molar-refractivity contribution in [2.45, 2.75) is 13.3 Å². The molecule has 0 atom stereocenters. The van der Waals surface area contributed by atoms with Crippen molar-refractivity contribution in [3.05, 3.63) is 64.7 Å². The molecule has 0 aromatic heterocycles. The van der Waals surface area contributed by atoms with Gasteiger partial charge in [-0.1, -0.05) is 42.8 Å². The predicted molar refractivity (Wildman–Crippen MR) is 84.9 cm³/mol. The van der Waals surface area contributed by atoms with Gasteiger partial charge in [-0.2, -0.15) is 0 Å². The fourth-order valence-electron chi connectivity index (χ4n) is 2.05. The van der Waals surface area contributed by atoms with Gasteiger partial charge in [0.2, 0.25) is 0 Å². The van der Waals surface area contributed by atoms with Gasteiger partial charge in [0, 0.05) is 23.3 Å². The molecule has 0 unspecified atom stereocenters. The fourth-order valence-corrected chi connectivity index (χ4v) is 2.24. The molecular formula is C17H18ClNO. The van der Waals surface area contributed by atoms with Crippen molar-refractivity contribution in [2.24, 2.45) is 0 Å². The van der Waals surface area contributed by atoms with Gasteiger partial charge in [-0.15, -0.1) is 0 Å². The lowest BCUT2D eigenvalue weighted by Crippen LogP contribution is -2.25. The van der Waals surface area contributed by atoms with Crippen molar-refractivity contribution in [2.75, 3.05) is 18.5 Å². The highest BCUT2D eigenvalue weighted by Crippen LogP contribution is 2.16. The van der Waals surface area contributed by atoms with Crippen molar-refractivity contribution < 1.29 is 4.79 Å². The number of hydrogen-bond donors (Lipinski definition) is 0. The molecule has 0 bridgehead atoms. The lowest BCUT2D eigenvalue weighted by molar-refractivity contribution is 0.100. The van der Waals surface area contributed by atoms with Gasteiger partial charge in [0.1, 0.15) is 0 Å². The van der Waals surface area contributed by atoms with Crippen LogP contribution in [0.3, 0.4) is 0 Å². The number of nitrogens with zero attached hydrogens (tertiary/aromatic N) is 1. The number of carbonyl (C=O) groups is 1. The molecule has 2 aromatic carbocycles. The molecule has 0 saturated heterocycles. The number of ketones is 1. The molecule has 3 heteroatoms. The van der Waals surface area contributed by atoms with Gasteiger partial charge in [0.05, 0.1) is 6.54 Å². The molecule has 2 rings (SSSR count). The maximum Gasteiger partial charge on any atom is 0.182 e. The Hall–Kier alpha value is -1.80. The van der Waals surface area contributed by atoms with Gasteiger partial charge in [-0.05, 0) is 36.2 Å². The van der Waals surface area contributed by atoms with Crippen LogP contribution in [0.2, 0.25) is 5.02 Å². The number of hydrogen-bond acceptors (Lipinski definition) is 2. The quantitative estimate of drug-likeness (QED) is 0.767. The van der Waals surface area contributed by atoms with Crippen LogP contribution >= 0.6 is 11.6 Å². The molecule has 0 spiro atoms. The van der Waals surface area contributed by atoms with Crippen LogP contribution in [0, 0.1) is 0 Å². The maximum absolute atomic E-state index is 12.2. The Morgan fingerprint density at radius 1 is 1.15 bits per heavy atom. The van der Waals surface area contributed by atoms with E-state index in [-0.39, 0.29) is 5.78 Å². The van der Waals surface area contributed by atoms with Crippen LogP contribution < -0.4 is 4.90 Å². The summed E-state index contributed by atoms with van der Waals surface area (Å²) >= 11 is 5.91. The second kappa shape index (κ2) is 6.58. The van der Waals surface area contributed by atoms with Crippen LogP contribution in [-0.4, -0.2) is 19.4 Å². The van der Waals surface area contributed by atoms with Gasteiger partial charge >= 0.3 is 0 Å². The van der Waals surface area contributed by atoms with Crippen molar-refractivity contribution in [3.63, 3.8) is 0 Å². The summed E-state index contributed by atoms with van der Waals surface area (Å²) in [5, 5.41) is 0.589. The predicted octanol–water partition coefficient (Wildman–Crippen LogP) is 4.22. The summed E-state index contributed by atoms with van der Waals surface area (Å²) in [4.78, 5) is 14.2. The van der Waals surface area contributed by atoms with Crippen LogP contribution in [0.25, 0.3) is 0 Å². The number of carbonyl (C=O) groups excluding carboxylic acids is 1. The third kappa shape index (κ3) is 3.61. The van der Waals surface area contributed by atoms with E-state index in [1.807, 2.05) is 24.1 Å². The molecule has 20 heavy (non-hydrogen) atoms. The van der Waals surface area contributed by atoms with Crippen LogP contribution in [0.1, 0.15) is 22.8 Å². The Balaban J connectivity index is 2.06. The van der Waals surface area contributed by atoms with E-state index in [0.717, 1.165) is 12.1 Å². The van der Waals surface area contributed by atoms with Crippen LogP contribution in [0.5, 0.6) is 0 Å². The first-order chi connectivity index (χ1) is 9.60. The van der Waals surface area contributed by atoms with Gasteiger partial charge in [-0.3, -0.25) is 4.79 Å². The number of halogens is 1. The molecule has 0 N–H and O–H groups in total. The highest BCUT2D eigenvalue weighted by molar-refractivity contribution is 6.31. The standard InChI is InChI=1S/C17H18ClNO/c1-3-13-7-9-16(10-8-13)19(2)12-17(20)14-5-4-6-15(18)11-14/h4-11H,3,12H2,1-2H3. The molecule has 0 fully saturated rings. The van der Waals surface area contributed by atoms with E-state index < -0.39 is 0 Å². The number of Topliss-reactive ketones (excluding diaryl/α,β-unsaturated/α-hetero) is 1. The van der Waals surface area contributed by atoms with Gasteiger partial charge in [0.15, 0.2) is 5.78 Å². The molecule has 0 heterocycles. The number of likely N-dealkylation sites (N-methyl/N-ethyl adjacent to an activating group) is 1. The molecular weight excluding hydrogens is 270 g/mol. The largest absolute Gasteiger partial charge is 0.367 e. The summed E-state index contributed by atoms with van der Waals surface area (Å²) in [6.07, 6.45) is 1.02. The monoisotopic (exact) mass is 287 g/mol.